The van der Waals surface area contributed by atoms with Gasteiger partial charge in [-0.05, 0) is 36.4 Å². The minimum absolute atomic E-state index is 0.0775. The van der Waals surface area contributed by atoms with Gasteiger partial charge in [0.25, 0.3) is 0 Å². The number of carbonyl (C=O) groups is 2. The largest absolute Gasteiger partial charge is 0.461 e. The van der Waals surface area contributed by atoms with Crippen molar-refractivity contribution in [3.8, 4) is 23.0 Å². The van der Waals surface area contributed by atoms with Crippen LogP contribution in [0.4, 0.5) is 5.69 Å². The van der Waals surface area contributed by atoms with Gasteiger partial charge in [0.05, 0.1) is 12.8 Å². The molecule has 2 amide bonds. The highest BCUT2D eigenvalue weighted by Gasteiger charge is 2.18. The fourth-order valence-corrected chi connectivity index (χ4v) is 2.43. The van der Waals surface area contributed by atoms with E-state index in [1.807, 2.05) is 0 Å². The van der Waals surface area contributed by atoms with Crippen molar-refractivity contribution in [2.24, 2.45) is 0 Å². The van der Waals surface area contributed by atoms with E-state index in [4.69, 9.17) is 18.3 Å². The summed E-state index contributed by atoms with van der Waals surface area (Å²) in [6.07, 6.45) is 1.54. The smallest absolute Gasteiger partial charge is 0.313 e. The normalized spacial score (nSPS) is 12.0. The predicted molar refractivity (Wildman–Crippen MR) is 89.5 cm³/mol. The molecule has 2 aromatic heterocycles. The van der Waals surface area contributed by atoms with Gasteiger partial charge in [0.1, 0.15) is 5.76 Å². The van der Waals surface area contributed by atoms with E-state index in [1.54, 1.807) is 48.7 Å². The molecule has 1 aliphatic heterocycles. The van der Waals surface area contributed by atoms with Crippen LogP contribution in [0.1, 0.15) is 5.76 Å². The van der Waals surface area contributed by atoms with Crippen LogP contribution in [0.25, 0.3) is 11.5 Å². The lowest BCUT2D eigenvalue weighted by molar-refractivity contribution is -0.136. The average Bonchev–Trinajstić information content (AvgIpc) is 3.39. The van der Waals surface area contributed by atoms with Crippen LogP contribution in [-0.2, 0) is 16.1 Å². The van der Waals surface area contributed by atoms with Gasteiger partial charge in [-0.2, -0.15) is 0 Å². The van der Waals surface area contributed by atoms with E-state index in [0.717, 1.165) is 0 Å². The molecule has 0 fully saturated rings. The number of fused-ring (bicyclic) bond motifs is 1. The number of nitrogens with one attached hydrogen (secondary N) is 2. The first kappa shape index (κ1) is 15.8. The second kappa shape index (κ2) is 6.67. The van der Waals surface area contributed by atoms with Crippen molar-refractivity contribution in [2.75, 3.05) is 12.1 Å². The van der Waals surface area contributed by atoms with Crippen LogP contribution >= 0.6 is 0 Å². The molecule has 1 aliphatic rings. The average molecular weight is 354 g/mol. The molecule has 26 heavy (non-hydrogen) atoms. The molecule has 2 N–H and O–H groups in total. The third kappa shape index (κ3) is 3.25. The molecule has 8 heteroatoms. The number of rotatable bonds is 4. The number of anilines is 1. The lowest BCUT2D eigenvalue weighted by atomic mass is 10.2. The van der Waals surface area contributed by atoms with Crippen LogP contribution in [0.3, 0.4) is 0 Å². The predicted octanol–water partition coefficient (Wildman–Crippen LogP) is 2.52. The zero-order chi connectivity index (χ0) is 17.9. The SMILES string of the molecule is O=C(NCc1ccc(-c2ccco2)o1)C(=O)Nc1ccc2c(c1)OCO2. The first-order valence-corrected chi connectivity index (χ1v) is 7.80. The molecule has 8 nitrogen and oxygen atoms in total. The number of hydrogen-bond donors (Lipinski definition) is 2. The molecule has 3 heterocycles. The molecular formula is C18H14N2O6. The second-order valence-corrected chi connectivity index (χ2v) is 5.45. The van der Waals surface area contributed by atoms with Gasteiger partial charge < -0.3 is 28.9 Å². The second-order valence-electron chi connectivity index (χ2n) is 5.45. The minimum atomic E-state index is -0.790. The maximum absolute atomic E-state index is 12.0. The summed E-state index contributed by atoms with van der Waals surface area (Å²) < 4.78 is 21.2. The highest BCUT2D eigenvalue weighted by Crippen LogP contribution is 2.34. The van der Waals surface area contributed by atoms with E-state index < -0.39 is 11.8 Å². The van der Waals surface area contributed by atoms with E-state index in [2.05, 4.69) is 10.6 Å². The van der Waals surface area contributed by atoms with Crippen molar-refractivity contribution in [1.29, 1.82) is 0 Å². The number of furan rings is 2. The van der Waals surface area contributed by atoms with Crippen molar-refractivity contribution >= 4 is 17.5 Å². The molecule has 3 aromatic rings. The Labute approximate surface area is 147 Å². The summed E-state index contributed by atoms with van der Waals surface area (Å²) in [5.74, 6) is 1.18. The molecule has 0 atom stereocenters. The van der Waals surface area contributed by atoms with Crippen molar-refractivity contribution < 1.29 is 27.9 Å². The first-order chi connectivity index (χ1) is 12.7. The molecule has 132 valence electrons. The summed E-state index contributed by atoms with van der Waals surface area (Å²) >= 11 is 0. The van der Waals surface area contributed by atoms with Crippen LogP contribution in [0.2, 0.25) is 0 Å². The number of ether oxygens (including phenoxy) is 2. The third-order valence-corrected chi connectivity index (χ3v) is 3.69. The fraction of sp³-hybridized carbons (Fsp3) is 0.111. The molecule has 0 saturated heterocycles. The van der Waals surface area contributed by atoms with Crippen molar-refractivity contribution in [1.82, 2.24) is 5.32 Å². The zero-order valence-corrected chi connectivity index (χ0v) is 13.5. The highest BCUT2D eigenvalue weighted by atomic mass is 16.7. The lowest BCUT2D eigenvalue weighted by Crippen LogP contribution is -2.34. The molecule has 0 aliphatic carbocycles. The monoisotopic (exact) mass is 354 g/mol. The molecule has 0 saturated carbocycles. The highest BCUT2D eigenvalue weighted by molar-refractivity contribution is 6.39. The summed E-state index contributed by atoms with van der Waals surface area (Å²) in [5, 5.41) is 5.00. The van der Waals surface area contributed by atoms with Gasteiger partial charge in [0.2, 0.25) is 6.79 Å². The maximum atomic E-state index is 12.0. The number of amides is 2. The van der Waals surface area contributed by atoms with Crippen molar-refractivity contribution in [2.45, 2.75) is 6.54 Å². The first-order valence-electron chi connectivity index (χ1n) is 7.80. The van der Waals surface area contributed by atoms with E-state index in [1.165, 1.54) is 0 Å². The third-order valence-electron chi connectivity index (χ3n) is 3.69. The van der Waals surface area contributed by atoms with Gasteiger partial charge in [0, 0.05) is 11.8 Å². The van der Waals surface area contributed by atoms with Crippen LogP contribution in [0.5, 0.6) is 11.5 Å². The Morgan fingerprint density at radius 3 is 2.69 bits per heavy atom. The quantitative estimate of drug-likeness (QED) is 0.698. The van der Waals surface area contributed by atoms with Gasteiger partial charge >= 0.3 is 11.8 Å². The van der Waals surface area contributed by atoms with Crippen LogP contribution in [0.15, 0.2) is 57.6 Å². The molecule has 4 rings (SSSR count). The van der Waals surface area contributed by atoms with Gasteiger partial charge in [-0.25, -0.2) is 0 Å². The Hall–Kier alpha value is -3.68. The number of benzene rings is 1. The van der Waals surface area contributed by atoms with E-state index in [0.29, 0.717) is 34.5 Å². The lowest BCUT2D eigenvalue weighted by Gasteiger charge is -2.06. The molecule has 0 bridgehead atoms. The van der Waals surface area contributed by atoms with Crippen molar-refractivity contribution in [3.05, 3.63) is 54.5 Å². The summed E-state index contributed by atoms with van der Waals surface area (Å²) in [4.78, 5) is 23.9. The molecule has 0 radical (unpaired) electrons. The Morgan fingerprint density at radius 2 is 1.85 bits per heavy atom. The van der Waals surface area contributed by atoms with Gasteiger partial charge in [-0.3, -0.25) is 9.59 Å². The summed E-state index contributed by atoms with van der Waals surface area (Å²) in [5.41, 5.74) is 0.438. The van der Waals surface area contributed by atoms with E-state index >= 15 is 0 Å². The fourth-order valence-electron chi connectivity index (χ4n) is 2.43. The van der Waals surface area contributed by atoms with Crippen LogP contribution in [-0.4, -0.2) is 18.6 Å². The molecular weight excluding hydrogens is 340 g/mol. The Kier molecular flexibility index (Phi) is 4.06. The van der Waals surface area contributed by atoms with E-state index in [9.17, 15) is 9.59 Å². The number of carbonyl (C=O) groups excluding carboxylic acids is 2. The standard InChI is InChI=1S/C18H14N2O6/c21-17(18(22)20-11-3-5-14-16(8-11)25-10-24-14)19-9-12-4-6-15(26-12)13-2-1-7-23-13/h1-8H,9-10H2,(H,19,21)(H,20,22). The molecule has 0 spiro atoms. The number of hydrogen-bond acceptors (Lipinski definition) is 6. The topological polar surface area (TPSA) is 103 Å². The Bertz CT molecular complexity index is 945. The van der Waals surface area contributed by atoms with Gasteiger partial charge in [0.15, 0.2) is 23.0 Å². The van der Waals surface area contributed by atoms with Crippen molar-refractivity contribution in [3.63, 3.8) is 0 Å². The maximum Gasteiger partial charge on any atom is 0.313 e. The minimum Gasteiger partial charge on any atom is -0.461 e. The zero-order valence-electron chi connectivity index (χ0n) is 13.5. The molecule has 0 unspecified atom stereocenters. The Morgan fingerprint density at radius 1 is 0.962 bits per heavy atom. The van der Waals surface area contributed by atoms with Crippen LogP contribution < -0.4 is 20.1 Å². The van der Waals surface area contributed by atoms with Gasteiger partial charge in [-0.1, -0.05) is 0 Å². The summed E-state index contributed by atoms with van der Waals surface area (Å²) in [6.45, 7) is 0.213. The Balaban J connectivity index is 1.32. The summed E-state index contributed by atoms with van der Waals surface area (Å²) in [6, 6.07) is 11.8. The molecule has 1 aromatic carbocycles. The van der Waals surface area contributed by atoms with Crippen LogP contribution in [0, 0.1) is 0 Å². The summed E-state index contributed by atoms with van der Waals surface area (Å²) in [7, 11) is 0. The van der Waals surface area contributed by atoms with Gasteiger partial charge in [-0.15, -0.1) is 0 Å². The van der Waals surface area contributed by atoms with E-state index in [-0.39, 0.29) is 13.3 Å².